The highest BCUT2D eigenvalue weighted by molar-refractivity contribution is 6.31. The van der Waals surface area contributed by atoms with Crippen LogP contribution in [0.5, 0.6) is 0 Å². The lowest BCUT2D eigenvalue weighted by Gasteiger charge is -2.13. The van der Waals surface area contributed by atoms with E-state index in [0.29, 0.717) is 11.4 Å². The number of amides is 1. The molecule has 0 aliphatic rings. The van der Waals surface area contributed by atoms with Gasteiger partial charge in [-0.1, -0.05) is 24.9 Å². The number of halogens is 1. The topological polar surface area (TPSA) is 98.3 Å². The van der Waals surface area contributed by atoms with Crippen molar-refractivity contribution in [2.24, 2.45) is 11.7 Å². The highest BCUT2D eigenvalue weighted by atomic mass is 35.5. The number of benzene rings is 1. The van der Waals surface area contributed by atoms with E-state index in [0.717, 1.165) is 12.8 Å². The Balaban J connectivity index is 2.69. The lowest BCUT2D eigenvalue weighted by atomic mass is 10.0. The molecule has 1 aromatic rings. The van der Waals surface area contributed by atoms with Gasteiger partial charge in [0.25, 0.3) is 5.69 Å². The molecular formula is C14H20ClN3O3. The third-order valence-corrected chi connectivity index (χ3v) is 3.39. The highest BCUT2D eigenvalue weighted by Crippen LogP contribution is 2.28. The summed E-state index contributed by atoms with van der Waals surface area (Å²) in [5.41, 5.74) is 5.61. The monoisotopic (exact) mass is 313 g/mol. The second kappa shape index (κ2) is 7.95. The van der Waals surface area contributed by atoms with Crippen LogP contribution in [0.2, 0.25) is 5.02 Å². The minimum absolute atomic E-state index is 0.106. The van der Waals surface area contributed by atoms with Gasteiger partial charge in [-0.15, -0.1) is 0 Å². The van der Waals surface area contributed by atoms with Crippen LogP contribution < -0.4 is 11.1 Å². The van der Waals surface area contributed by atoms with Crippen molar-refractivity contribution in [3.8, 4) is 0 Å². The molecule has 21 heavy (non-hydrogen) atoms. The first-order valence-electron chi connectivity index (χ1n) is 6.81. The van der Waals surface area contributed by atoms with E-state index < -0.39 is 4.92 Å². The molecule has 0 saturated carbocycles. The minimum atomic E-state index is -0.549. The Kier molecular flexibility index (Phi) is 6.58. The van der Waals surface area contributed by atoms with Gasteiger partial charge in [-0.3, -0.25) is 14.9 Å². The summed E-state index contributed by atoms with van der Waals surface area (Å²) in [6.07, 6.45) is 2.36. The number of nitro benzene ring substituents is 1. The van der Waals surface area contributed by atoms with Crippen LogP contribution in [0, 0.1) is 16.0 Å². The van der Waals surface area contributed by atoms with Crippen LogP contribution >= 0.6 is 11.6 Å². The molecule has 0 bridgehead atoms. The van der Waals surface area contributed by atoms with Gasteiger partial charge in [0.2, 0.25) is 5.91 Å². The lowest BCUT2D eigenvalue weighted by molar-refractivity contribution is -0.383. The predicted molar refractivity (Wildman–Crippen MR) is 83.4 cm³/mol. The van der Waals surface area contributed by atoms with Crippen LogP contribution in [0.3, 0.4) is 0 Å². The summed E-state index contributed by atoms with van der Waals surface area (Å²) in [7, 11) is 0. The summed E-state index contributed by atoms with van der Waals surface area (Å²) in [6.45, 7) is 3.70. The van der Waals surface area contributed by atoms with Crippen molar-refractivity contribution in [1.82, 2.24) is 0 Å². The van der Waals surface area contributed by atoms with Gasteiger partial charge < -0.3 is 11.1 Å². The second-order valence-electron chi connectivity index (χ2n) is 5.22. The minimum Gasteiger partial charge on any atom is -0.328 e. The summed E-state index contributed by atoms with van der Waals surface area (Å²) in [4.78, 5) is 22.4. The predicted octanol–water partition coefficient (Wildman–Crippen LogP) is 3.34. The van der Waals surface area contributed by atoms with Crippen LogP contribution in [-0.2, 0) is 4.79 Å². The zero-order chi connectivity index (χ0) is 16.0. The maximum atomic E-state index is 12.1. The third kappa shape index (κ3) is 5.69. The van der Waals surface area contributed by atoms with Crippen molar-refractivity contribution >= 4 is 28.9 Å². The van der Waals surface area contributed by atoms with Gasteiger partial charge in [0.15, 0.2) is 0 Å². The summed E-state index contributed by atoms with van der Waals surface area (Å²) in [6, 6.07) is 4.18. The van der Waals surface area contributed by atoms with Gasteiger partial charge in [-0.25, -0.2) is 0 Å². The number of carbonyl (C=O) groups excluding carboxylic acids is 1. The smallest absolute Gasteiger partial charge is 0.292 e. The molecule has 116 valence electrons. The zero-order valence-corrected chi connectivity index (χ0v) is 12.9. The number of hydrogen-bond donors (Lipinski definition) is 2. The van der Waals surface area contributed by atoms with Crippen molar-refractivity contribution in [3.05, 3.63) is 33.3 Å². The van der Waals surface area contributed by atoms with Crippen molar-refractivity contribution in [2.45, 2.75) is 39.2 Å². The normalized spacial score (nSPS) is 13.5. The van der Waals surface area contributed by atoms with E-state index in [-0.39, 0.29) is 29.2 Å². The Hall–Kier alpha value is -1.66. The quantitative estimate of drug-likeness (QED) is 0.595. The summed E-state index contributed by atoms with van der Waals surface area (Å²) in [5, 5.41) is 13.8. The molecule has 0 aliphatic heterocycles. The second-order valence-corrected chi connectivity index (χ2v) is 5.65. The summed E-state index contributed by atoms with van der Waals surface area (Å²) < 4.78 is 0. The fourth-order valence-electron chi connectivity index (χ4n) is 1.90. The fraction of sp³-hybridized carbons (Fsp3) is 0.500. The number of nitrogens with one attached hydrogen (secondary N) is 1. The van der Waals surface area contributed by atoms with Gasteiger partial charge >= 0.3 is 0 Å². The van der Waals surface area contributed by atoms with Crippen molar-refractivity contribution in [3.63, 3.8) is 0 Å². The molecule has 3 N–H and O–H groups in total. The molecule has 0 fully saturated rings. The van der Waals surface area contributed by atoms with E-state index in [2.05, 4.69) is 5.32 Å². The molecule has 7 heteroatoms. The molecule has 1 aromatic carbocycles. The maximum absolute atomic E-state index is 12.1. The average molecular weight is 314 g/mol. The van der Waals surface area contributed by atoms with Gasteiger partial charge in [0.1, 0.15) is 5.69 Å². The van der Waals surface area contributed by atoms with Crippen LogP contribution in [0.15, 0.2) is 18.2 Å². The Labute approximate surface area is 128 Å². The SMILES string of the molecule is CC(N)CCCC(C)C(=O)Nc1cc(Cl)ccc1[N+](=O)[O-]. The van der Waals surface area contributed by atoms with Crippen LogP contribution in [0.4, 0.5) is 11.4 Å². The molecule has 0 aliphatic carbocycles. The van der Waals surface area contributed by atoms with E-state index in [1.807, 2.05) is 6.92 Å². The molecule has 0 radical (unpaired) electrons. The average Bonchev–Trinajstić information content (AvgIpc) is 2.37. The van der Waals surface area contributed by atoms with Crippen molar-refractivity contribution < 1.29 is 9.72 Å². The van der Waals surface area contributed by atoms with E-state index >= 15 is 0 Å². The Morgan fingerprint density at radius 3 is 2.67 bits per heavy atom. The first kappa shape index (κ1) is 17.4. The number of nitrogens with two attached hydrogens (primary N) is 1. The number of nitro groups is 1. The zero-order valence-electron chi connectivity index (χ0n) is 12.1. The molecular weight excluding hydrogens is 294 g/mol. The Bertz CT molecular complexity index is 520. The Morgan fingerprint density at radius 1 is 1.43 bits per heavy atom. The van der Waals surface area contributed by atoms with Crippen LogP contribution in [0.1, 0.15) is 33.1 Å². The summed E-state index contributed by atoms with van der Waals surface area (Å²) >= 11 is 5.82. The number of nitrogens with zero attached hydrogens (tertiary/aromatic N) is 1. The standard InChI is InChI=1S/C14H20ClN3O3/c1-9(4-3-5-10(2)16)14(19)17-12-8-11(15)6-7-13(12)18(20)21/h6-10H,3-5,16H2,1-2H3,(H,17,19). The first-order valence-corrected chi connectivity index (χ1v) is 7.19. The molecule has 6 nitrogen and oxygen atoms in total. The molecule has 0 aromatic heterocycles. The highest BCUT2D eigenvalue weighted by Gasteiger charge is 2.19. The van der Waals surface area contributed by atoms with Crippen LogP contribution in [0.25, 0.3) is 0 Å². The van der Waals surface area contributed by atoms with E-state index in [1.54, 1.807) is 6.92 Å². The molecule has 1 amide bonds. The van der Waals surface area contributed by atoms with E-state index in [1.165, 1.54) is 18.2 Å². The maximum Gasteiger partial charge on any atom is 0.292 e. The third-order valence-electron chi connectivity index (χ3n) is 3.16. The summed E-state index contributed by atoms with van der Waals surface area (Å²) in [5.74, 6) is -0.507. The van der Waals surface area contributed by atoms with E-state index in [4.69, 9.17) is 17.3 Å². The molecule has 0 saturated heterocycles. The first-order chi connectivity index (χ1) is 9.81. The number of carbonyl (C=O) groups is 1. The lowest BCUT2D eigenvalue weighted by Crippen LogP contribution is -2.22. The fourth-order valence-corrected chi connectivity index (χ4v) is 2.07. The largest absolute Gasteiger partial charge is 0.328 e. The number of rotatable bonds is 7. The number of anilines is 1. The van der Waals surface area contributed by atoms with Gasteiger partial charge in [0, 0.05) is 23.0 Å². The van der Waals surface area contributed by atoms with Crippen molar-refractivity contribution in [1.29, 1.82) is 0 Å². The van der Waals surface area contributed by atoms with E-state index in [9.17, 15) is 14.9 Å². The Morgan fingerprint density at radius 2 is 2.10 bits per heavy atom. The molecule has 0 heterocycles. The van der Waals surface area contributed by atoms with Crippen molar-refractivity contribution in [2.75, 3.05) is 5.32 Å². The molecule has 2 unspecified atom stereocenters. The van der Waals surface area contributed by atoms with Crippen LogP contribution in [-0.4, -0.2) is 16.9 Å². The van der Waals surface area contributed by atoms with Gasteiger partial charge in [-0.2, -0.15) is 0 Å². The molecule has 1 rings (SSSR count). The number of hydrogen-bond acceptors (Lipinski definition) is 4. The van der Waals surface area contributed by atoms with Gasteiger partial charge in [0.05, 0.1) is 4.92 Å². The molecule has 2 atom stereocenters. The molecule has 0 spiro atoms. The van der Waals surface area contributed by atoms with Gasteiger partial charge in [-0.05, 0) is 31.9 Å².